The Labute approximate surface area is 120 Å². The van der Waals surface area contributed by atoms with Crippen LogP contribution in [0.5, 0.6) is 0 Å². The van der Waals surface area contributed by atoms with E-state index in [0.717, 1.165) is 0 Å². The summed E-state index contributed by atoms with van der Waals surface area (Å²) in [6.45, 7) is 0. The molecule has 20 heavy (non-hydrogen) atoms. The van der Waals surface area contributed by atoms with Crippen molar-refractivity contribution in [1.82, 2.24) is 4.68 Å². The van der Waals surface area contributed by atoms with Crippen LogP contribution in [0.2, 0.25) is 5.02 Å². The largest absolute Gasteiger partial charge is 0.364 e. The summed E-state index contributed by atoms with van der Waals surface area (Å²) in [6, 6.07) is 6.42. The number of primary amides is 1. The number of carbonyl (C=O) groups is 1. The molecule has 0 atom stereocenters. The SMILES string of the molecule is NC(=O)c1cc2cc(Cl)ccc2n1NS(=O)(=O)C1CC1. The highest BCUT2D eigenvalue weighted by Gasteiger charge is 2.36. The minimum atomic E-state index is -3.50. The summed E-state index contributed by atoms with van der Waals surface area (Å²) in [6.07, 6.45) is 1.26. The minimum Gasteiger partial charge on any atom is -0.364 e. The summed E-state index contributed by atoms with van der Waals surface area (Å²) in [5, 5.41) is 0.744. The highest BCUT2D eigenvalue weighted by Crippen LogP contribution is 2.29. The fourth-order valence-electron chi connectivity index (χ4n) is 2.05. The lowest BCUT2D eigenvalue weighted by molar-refractivity contribution is 0.0993. The third kappa shape index (κ3) is 2.23. The first-order valence-electron chi connectivity index (χ1n) is 6.01. The number of nitrogens with one attached hydrogen (secondary N) is 1. The molecule has 0 spiro atoms. The molecule has 1 fully saturated rings. The molecule has 1 amide bonds. The van der Waals surface area contributed by atoms with Gasteiger partial charge < -0.3 is 5.73 Å². The average molecular weight is 314 g/mol. The van der Waals surface area contributed by atoms with Crippen LogP contribution in [-0.4, -0.2) is 24.3 Å². The molecule has 8 heteroatoms. The Hall–Kier alpha value is -1.73. The molecule has 0 aliphatic heterocycles. The van der Waals surface area contributed by atoms with Crippen molar-refractivity contribution in [2.24, 2.45) is 5.73 Å². The smallest absolute Gasteiger partial charge is 0.267 e. The number of amides is 1. The topological polar surface area (TPSA) is 94.2 Å². The highest BCUT2D eigenvalue weighted by atomic mass is 35.5. The van der Waals surface area contributed by atoms with Crippen LogP contribution in [-0.2, 0) is 10.0 Å². The summed E-state index contributed by atoms with van der Waals surface area (Å²) >= 11 is 5.89. The van der Waals surface area contributed by atoms with E-state index in [1.807, 2.05) is 0 Å². The molecule has 3 N–H and O–H groups in total. The molecule has 1 aliphatic rings. The van der Waals surface area contributed by atoms with Crippen molar-refractivity contribution >= 4 is 38.4 Å². The monoisotopic (exact) mass is 313 g/mol. The minimum absolute atomic E-state index is 0.0755. The van der Waals surface area contributed by atoms with Gasteiger partial charge in [-0.2, -0.15) is 0 Å². The van der Waals surface area contributed by atoms with Crippen molar-refractivity contribution < 1.29 is 13.2 Å². The van der Waals surface area contributed by atoms with Crippen molar-refractivity contribution in [3.8, 4) is 0 Å². The number of aromatic nitrogens is 1. The van der Waals surface area contributed by atoms with Crippen molar-refractivity contribution in [1.29, 1.82) is 0 Å². The first-order chi connectivity index (χ1) is 9.38. The van der Waals surface area contributed by atoms with E-state index in [9.17, 15) is 13.2 Å². The number of benzene rings is 1. The zero-order valence-corrected chi connectivity index (χ0v) is 11.9. The van der Waals surface area contributed by atoms with Crippen LogP contribution in [0.25, 0.3) is 10.9 Å². The third-order valence-corrected chi connectivity index (χ3v) is 5.22. The van der Waals surface area contributed by atoms with Crippen molar-refractivity contribution in [3.05, 3.63) is 35.0 Å². The zero-order chi connectivity index (χ0) is 14.5. The Kier molecular flexibility index (Phi) is 2.91. The Bertz CT molecular complexity index is 809. The van der Waals surface area contributed by atoms with Crippen molar-refractivity contribution in [3.63, 3.8) is 0 Å². The van der Waals surface area contributed by atoms with E-state index >= 15 is 0 Å². The molecule has 1 aromatic heterocycles. The number of hydrogen-bond donors (Lipinski definition) is 2. The average Bonchev–Trinajstić information content (AvgIpc) is 3.14. The van der Waals surface area contributed by atoms with E-state index in [-0.39, 0.29) is 5.69 Å². The lowest BCUT2D eigenvalue weighted by Crippen LogP contribution is -2.30. The quantitative estimate of drug-likeness (QED) is 0.894. The molecule has 6 nitrogen and oxygen atoms in total. The normalized spacial score (nSPS) is 15.4. The number of hydrogen-bond acceptors (Lipinski definition) is 3. The zero-order valence-electron chi connectivity index (χ0n) is 10.3. The molecule has 1 saturated carbocycles. The molecular formula is C12H12ClN3O3S. The predicted octanol–water partition coefficient (Wildman–Crippen LogP) is 1.43. The van der Waals surface area contributed by atoms with Gasteiger partial charge in [-0.05, 0) is 37.1 Å². The van der Waals surface area contributed by atoms with Gasteiger partial charge in [-0.25, -0.2) is 17.9 Å². The second-order valence-corrected chi connectivity index (χ2v) is 7.14. The maximum absolute atomic E-state index is 12.0. The maximum atomic E-state index is 12.0. The number of carbonyl (C=O) groups excluding carboxylic acids is 1. The number of fused-ring (bicyclic) bond motifs is 1. The van der Waals surface area contributed by atoms with Crippen molar-refractivity contribution in [2.45, 2.75) is 18.1 Å². The number of nitrogens with two attached hydrogens (primary N) is 1. The predicted molar refractivity (Wildman–Crippen MR) is 76.8 cm³/mol. The second-order valence-electron chi connectivity index (χ2n) is 4.77. The van der Waals surface area contributed by atoms with E-state index in [4.69, 9.17) is 17.3 Å². The van der Waals surface area contributed by atoms with E-state index < -0.39 is 21.2 Å². The summed E-state index contributed by atoms with van der Waals surface area (Å²) in [5.41, 5.74) is 5.91. The Balaban J connectivity index is 2.16. The number of halogens is 1. The van der Waals surface area contributed by atoms with E-state index in [2.05, 4.69) is 4.83 Å². The van der Waals surface area contributed by atoms with Crippen molar-refractivity contribution in [2.75, 3.05) is 4.83 Å². The maximum Gasteiger partial charge on any atom is 0.267 e. The molecule has 0 bridgehead atoms. The Morgan fingerprint density at radius 1 is 1.35 bits per heavy atom. The highest BCUT2D eigenvalue weighted by molar-refractivity contribution is 7.93. The fourth-order valence-corrected chi connectivity index (χ4v) is 3.58. The fraction of sp³-hybridized carbons (Fsp3) is 0.250. The van der Waals surface area contributed by atoms with Crippen LogP contribution >= 0.6 is 11.6 Å². The first-order valence-corrected chi connectivity index (χ1v) is 7.93. The van der Waals surface area contributed by atoms with Crippen LogP contribution in [0.1, 0.15) is 23.3 Å². The van der Waals surface area contributed by atoms with Gasteiger partial charge in [0, 0.05) is 10.4 Å². The second kappa shape index (κ2) is 4.39. The van der Waals surface area contributed by atoms with Crippen LogP contribution in [0.4, 0.5) is 0 Å². The van der Waals surface area contributed by atoms with Gasteiger partial charge in [0.2, 0.25) is 10.0 Å². The molecule has 0 saturated heterocycles. The van der Waals surface area contributed by atoms with Gasteiger partial charge in [-0.1, -0.05) is 11.6 Å². The molecule has 1 aliphatic carbocycles. The number of sulfonamides is 1. The van der Waals surface area contributed by atoms with Crippen LogP contribution < -0.4 is 10.6 Å². The third-order valence-electron chi connectivity index (χ3n) is 3.20. The van der Waals surface area contributed by atoms with Crippen LogP contribution in [0.15, 0.2) is 24.3 Å². The van der Waals surface area contributed by atoms with Gasteiger partial charge in [0.25, 0.3) is 5.91 Å². The van der Waals surface area contributed by atoms with Crippen LogP contribution in [0.3, 0.4) is 0 Å². The molecule has 1 aromatic carbocycles. The van der Waals surface area contributed by atoms with Gasteiger partial charge in [-0.3, -0.25) is 4.79 Å². The lowest BCUT2D eigenvalue weighted by atomic mass is 10.2. The number of nitrogens with zero attached hydrogens (tertiary/aromatic N) is 1. The van der Waals surface area contributed by atoms with Gasteiger partial charge in [0.1, 0.15) is 5.69 Å². The van der Waals surface area contributed by atoms with E-state index in [1.165, 1.54) is 10.7 Å². The van der Waals surface area contributed by atoms with Gasteiger partial charge in [-0.15, -0.1) is 0 Å². The van der Waals surface area contributed by atoms with E-state index in [0.29, 0.717) is 28.8 Å². The molecule has 0 radical (unpaired) electrons. The van der Waals surface area contributed by atoms with Gasteiger partial charge >= 0.3 is 0 Å². The van der Waals surface area contributed by atoms with Gasteiger partial charge in [0.05, 0.1) is 10.8 Å². The summed E-state index contributed by atoms with van der Waals surface area (Å²) in [4.78, 5) is 13.9. The summed E-state index contributed by atoms with van der Waals surface area (Å²) in [7, 11) is -3.50. The Morgan fingerprint density at radius 3 is 2.65 bits per heavy atom. The lowest BCUT2D eigenvalue weighted by Gasteiger charge is -2.12. The number of rotatable bonds is 4. The molecule has 2 aromatic rings. The molecule has 0 unspecified atom stereocenters. The summed E-state index contributed by atoms with van der Waals surface area (Å²) < 4.78 is 25.3. The summed E-state index contributed by atoms with van der Waals surface area (Å²) in [5.74, 6) is -0.712. The molecule has 106 valence electrons. The van der Waals surface area contributed by atoms with Crippen LogP contribution in [0, 0.1) is 0 Å². The first kappa shape index (κ1) is 13.3. The molecule has 3 rings (SSSR count). The molecule has 1 heterocycles. The molecular weight excluding hydrogens is 302 g/mol. The Morgan fingerprint density at radius 2 is 2.05 bits per heavy atom. The van der Waals surface area contributed by atoms with Gasteiger partial charge in [0.15, 0.2) is 0 Å². The standard InChI is InChI=1S/C12H12ClN3O3S/c13-8-1-4-10-7(5-8)6-11(12(14)17)16(10)15-20(18,19)9-2-3-9/h1,4-6,9,15H,2-3H2,(H2,14,17). The van der Waals surface area contributed by atoms with E-state index in [1.54, 1.807) is 18.2 Å².